The molecule has 0 fully saturated rings. The zero-order valence-electron chi connectivity index (χ0n) is 8.10. The van der Waals surface area contributed by atoms with Crippen LogP contribution in [0.15, 0.2) is 0 Å². The van der Waals surface area contributed by atoms with Gasteiger partial charge in [0.15, 0.2) is 0 Å². The summed E-state index contributed by atoms with van der Waals surface area (Å²) in [6, 6.07) is 0. The summed E-state index contributed by atoms with van der Waals surface area (Å²) in [4.78, 5) is 0. The summed E-state index contributed by atoms with van der Waals surface area (Å²) in [6.07, 6.45) is 0. The minimum absolute atomic E-state index is 0.0769. The number of methoxy groups -OCH3 is 2. The SMILES string of the molecule is COCCOP(=O)(OCl)OCCOC. The molecule has 0 aromatic rings. The lowest BCUT2D eigenvalue weighted by atomic mass is 10.8. The second-order valence-corrected chi connectivity index (χ2v) is 4.13. The van der Waals surface area contributed by atoms with Crippen molar-refractivity contribution in [3.8, 4) is 0 Å². The average molecular weight is 249 g/mol. The van der Waals surface area contributed by atoms with Crippen molar-refractivity contribution in [1.82, 2.24) is 0 Å². The Labute approximate surface area is 88.2 Å². The van der Waals surface area contributed by atoms with Gasteiger partial charge in [0.1, 0.15) is 0 Å². The van der Waals surface area contributed by atoms with Crippen molar-refractivity contribution in [2.24, 2.45) is 0 Å². The largest absolute Gasteiger partial charge is 0.491 e. The van der Waals surface area contributed by atoms with Gasteiger partial charge in [-0.25, -0.2) is 4.57 Å². The lowest BCUT2D eigenvalue weighted by Gasteiger charge is -2.13. The van der Waals surface area contributed by atoms with Gasteiger partial charge in [0.05, 0.1) is 38.3 Å². The van der Waals surface area contributed by atoms with E-state index in [2.05, 4.69) is 13.5 Å². The van der Waals surface area contributed by atoms with Crippen LogP contribution in [-0.4, -0.2) is 40.6 Å². The predicted molar refractivity (Wildman–Crippen MR) is 50.2 cm³/mol. The quantitative estimate of drug-likeness (QED) is 0.456. The number of phosphoric acid groups is 1. The molecular weight excluding hydrogens is 234 g/mol. The Balaban J connectivity index is 3.74. The number of phosphoric ester groups is 1. The second kappa shape index (κ2) is 8.61. The van der Waals surface area contributed by atoms with Crippen molar-refractivity contribution in [2.45, 2.75) is 0 Å². The van der Waals surface area contributed by atoms with Gasteiger partial charge in [0.25, 0.3) is 0 Å². The molecule has 0 unspecified atom stereocenters. The Kier molecular flexibility index (Phi) is 8.81. The molecule has 8 heteroatoms. The molecule has 0 spiro atoms. The lowest BCUT2D eigenvalue weighted by Crippen LogP contribution is -2.05. The molecule has 0 N–H and O–H groups in total. The molecule has 0 aromatic heterocycles. The van der Waals surface area contributed by atoms with Gasteiger partial charge in [-0.1, -0.05) is 0 Å². The zero-order chi connectivity index (χ0) is 10.9. The third-order valence-electron chi connectivity index (χ3n) is 1.16. The summed E-state index contributed by atoms with van der Waals surface area (Å²) in [5.74, 6) is 0. The fraction of sp³-hybridized carbons (Fsp3) is 1.00. The Hall–Kier alpha value is 0.320. The lowest BCUT2D eigenvalue weighted by molar-refractivity contribution is 0.0879. The topological polar surface area (TPSA) is 63.2 Å². The third-order valence-corrected chi connectivity index (χ3v) is 2.83. The molecule has 0 amide bonds. The van der Waals surface area contributed by atoms with E-state index in [4.69, 9.17) is 20.9 Å². The Morgan fingerprint density at radius 1 is 1.00 bits per heavy atom. The molecule has 86 valence electrons. The van der Waals surface area contributed by atoms with Crippen LogP contribution in [-0.2, 0) is 27.2 Å². The normalized spacial score (nSPS) is 11.9. The summed E-state index contributed by atoms with van der Waals surface area (Å²) >= 11 is 4.97. The van der Waals surface area contributed by atoms with Gasteiger partial charge in [-0.3, -0.25) is 9.05 Å². The van der Waals surface area contributed by atoms with Crippen LogP contribution in [0.25, 0.3) is 0 Å². The van der Waals surface area contributed by atoms with Gasteiger partial charge in [0.2, 0.25) is 0 Å². The van der Waals surface area contributed by atoms with E-state index >= 15 is 0 Å². The minimum Gasteiger partial charge on any atom is -0.382 e. The van der Waals surface area contributed by atoms with E-state index in [1.54, 1.807) is 0 Å². The minimum atomic E-state index is -3.65. The Morgan fingerprint density at radius 3 is 1.71 bits per heavy atom. The summed E-state index contributed by atoms with van der Waals surface area (Å²) in [5, 5.41) is 0. The van der Waals surface area contributed by atoms with Crippen LogP contribution >= 0.6 is 19.7 Å². The smallest absolute Gasteiger partial charge is 0.382 e. The van der Waals surface area contributed by atoms with E-state index in [-0.39, 0.29) is 26.4 Å². The molecule has 14 heavy (non-hydrogen) atoms. The molecule has 6 nitrogen and oxygen atoms in total. The summed E-state index contributed by atoms with van der Waals surface area (Å²) < 4.78 is 34.4. The molecule has 0 aromatic carbocycles. The first-order valence-corrected chi connectivity index (χ1v) is 5.62. The molecule has 0 aliphatic heterocycles. The van der Waals surface area contributed by atoms with Crippen LogP contribution in [0.5, 0.6) is 0 Å². The number of halogens is 1. The van der Waals surface area contributed by atoms with Crippen molar-refractivity contribution in [1.29, 1.82) is 0 Å². The van der Waals surface area contributed by atoms with Crippen LogP contribution in [0.3, 0.4) is 0 Å². The van der Waals surface area contributed by atoms with Crippen LogP contribution < -0.4 is 0 Å². The summed E-state index contributed by atoms with van der Waals surface area (Å²) in [6.45, 7) is 0.705. The van der Waals surface area contributed by atoms with Gasteiger partial charge in [-0.2, -0.15) is 4.08 Å². The van der Waals surface area contributed by atoms with Crippen LogP contribution in [0.1, 0.15) is 0 Å². The van der Waals surface area contributed by atoms with Crippen LogP contribution in [0.4, 0.5) is 0 Å². The molecule has 0 saturated heterocycles. The zero-order valence-corrected chi connectivity index (χ0v) is 9.75. The highest BCUT2D eigenvalue weighted by Crippen LogP contribution is 2.50. The molecular formula is C6H14ClO6P. The molecule has 0 bridgehead atoms. The molecule has 0 aliphatic carbocycles. The first-order valence-electron chi connectivity index (χ1n) is 3.86. The first kappa shape index (κ1) is 14.3. The molecule has 0 heterocycles. The highest BCUT2D eigenvalue weighted by molar-refractivity contribution is 7.49. The van der Waals surface area contributed by atoms with Gasteiger partial charge in [-0.05, 0) is 0 Å². The van der Waals surface area contributed by atoms with Crippen LogP contribution in [0, 0.1) is 0 Å². The first-order chi connectivity index (χ1) is 6.68. The number of rotatable bonds is 9. The third kappa shape index (κ3) is 6.73. The molecule has 0 aliphatic rings. The van der Waals surface area contributed by atoms with Gasteiger partial charge in [-0.15, -0.1) is 0 Å². The second-order valence-electron chi connectivity index (χ2n) is 2.17. The summed E-state index contributed by atoms with van der Waals surface area (Å²) in [7, 11) is -0.679. The highest BCUT2D eigenvalue weighted by atomic mass is 35.5. The van der Waals surface area contributed by atoms with E-state index in [0.29, 0.717) is 0 Å². The van der Waals surface area contributed by atoms with Crippen molar-refractivity contribution in [3.05, 3.63) is 0 Å². The van der Waals surface area contributed by atoms with E-state index in [0.717, 1.165) is 0 Å². The maximum atomic E-state index is 11.4. The fourth-order valence-electron chi connectivity index (χ4n) is 0.542. The van der Waals surface area contributed by atoms with E-state index in [9.17, 15) is 4.57 Å². The number of hydrogen-bond donors (Lipinski definition) is 0. The van der Waals surface area contributed by atoms with Crippen LogP contribution in [0.2, 0.25) is 0 Å². The van der Waals surface area contributed by atoms with Gasteiger partial charge >= 0.3 is 7.82 Å². The van der Waals surface area contributed by atoms with Gasteiger partial charge < -0.3 is 9.47 Å². The maximum Gasteiger partial charge on any atom is 0.491 e. The highest BCUT2D eigenvalue weighted by Gasteiger charge is 2.26. The maximum absolute atomic E-state index is 11.4. The van der Waals surface area contributed by atoms with Crippen molar-refractivity contribution < 1.29 is 27.2 Å². The van der Waals surface area contributed by atoms with Crippen molar-refractivity contribution >= 4 is 19.7 Å². The fourth-order valence-corrected chi connectivity index (χ4v) is 1.53. The monoisotopic (exact) mass is 248 g/mol. The molecule has 0 atom stereocenters. The van der Waals surface area contributed by atoms with E-state index in [1.807, 2.05) is 0 Å². The number of ether oxygens (including phenoxy) is 2. The van der Waals surface area contributed by atoms with E-state index in [1.165, 1.54) is 14.2 Å². The predicted octanol–water partition coefficient (Wildman–Crippen LogP) is 1.59. The summed E-state index contributed by atoms with van der Waals surface area (Å²) in [5.41, 5.74) is 0. The molecule has 0 saturated carbocycles. The number of hydrogen-bond acceptors (Lipinski definition) is 6. The Bertz CT molecular complexity index is 164. The average Bonchev–Trinajstić information content (AvgIpc) is 2.19. The van der Waals surface area contributed by atoms with E-state index < -0.39 is 7.82 Å². The molecule has 0 radical (unpaired) electrons. The molecule has 0 rings (SSSR count). The van der Waals surface area contributed by atoms with Gasteiger partial charge in [0, 0.05) is 14.2 Å². The van der Waals surface area contributed by atoms with Crippen molar-refractivity contribution in [2.75, 3.05) is 40.6 Å². The van der Waals surface area contributed by atoms with Crippen molar-refractivity contribution in [3.63, 3.8) is 0 Å². The Morgan fingerprint density at radius 2 is 1.43 bits per heavy atom. The standard InChI is InChI=1S/C6H14ClO6P/c1-9-3-5-11-14(8,13-7)12-6-4-10-2/h3-6H2,1-2H3.